The number of nitrogen functional groups attached to an aromatic ring is 1. The fourth-order valence-electron chi connectivity index (χ4n) is 6.20. The first kappa shape index (κ1) is 35.6. The zero-order chi connectivity index (χ0) is 37.8. The van der Waals surface area contributed by atoms with Crippen molar-refractivity contribution in [3.05, 3.63) is 117 Å². The highest BCUT2D eigenvalue weighted by Gasteiger charge is 2.30. The van der Waals surface area contributed by atoms with Crippen molar-refractivity contribution < 1.29 is 19.1 Å². The number of pyridine rings is 2. The molecule has 13 heteroatoms. The summed E-state index contributed by atoms with van der Waals surface area (Å²) < 4.78 is 11.6. The van der Waals surface area contributed by atoms with E-state index in [-0.39, 0.29) is 63.8 Å². The standard InChI is InChI=1S/C41H31N7O4S2/c1-3-51-38-26(20-42)28(24-16-10-6-11-17-24)30-32(44)34(53-40(30)47-38)37(50)46-33-31-29(25-18-12-7-13-19-25)27(21-43)39(52-4-2)48-41(31)54-35(33)36(49)45-22-23-14-8-5-9-15-23/h5-19H,3-4,22,44H2,1-2H3,(H,45,49)(H,46,50). The van der Waals surface area contributed by atoms with Crippen molar-refractivity contribution >= 4 is 66.3 Å². The molecule has 54 heavy (non-hydrogen) atoms. The molecule has 0 radical (unpaired) electrons. The van der Waals surface area contributed by atoms with Gasteiger partial charge in [0.05, 0.1) is 24.6 Å². The molecule has 0 fully saturated rings. The number of hydrogen-bond donors (Lipinski definition) is 3. The number of carbonyl (C=O) groups excluding carboxylic acids is 2. The van der Waals surface area contributed by atoms with Gasteiger partial charge in [0, 0.05) is 28.4 Å². The fourth-order valence-corrected chi connectivity index (χ4v) is 8.23. The van der Waals surface area contributed by atoms with E-state index in [0.717, 1.165) is 28.2 Å². The minimum absolute atomic E-state index is 0.114. The Morgan fingerprint density at radius 2 is 1.19 bits per heavy atom. The number of carbonyl (C=O) groups is 2. The maximum atomic E-state index is 14.5. The molecule has 0 atom stereocenters. The molecule has 7 aromatic rings. The Labute approximate surface area is 318 Å². The lowest BCUT2D eigenvalue weighted by Crippen LogP contribution is -2.23. The summed E-state index contributed by atoms with van der Waals surface area (Å²) in [5.74, 6) is -0.818. The Kier molecular flexibility index (Phi) is 10.2. The molecule has 4 aromatic heterocycles. The first-order valence-electron chi connectivity index (χ1n) is 16.9. The van der Waals surface area contributed by atoms with Gasteiger partial charge >= 0.3 is 0 Å². The van der Waals surface area contributed by atoms with Crippen LogP contribution >= 0.6 is 22.7 Å². The van der Waals surface area contributed by atoms with E-state index in [1.807, 2.05) is 91.0 Å². The van der Waals surface area contributed by atoms with Crippen LogP contribution in [0, 0.1) is 22.7 Å². The molecule has 266 valence electrons. The van der Waals surface area contributed by atoms with E-state index in [9.17, 15) is 20.1 Å². The van der Waals surface area contributed by atoms with E-state index >= 15 is 0 Å². The minimum atomic E-state index is -0.616. The van der Waals surface area contributed by atoms with Crippen LogP contribution in [0.2, 0.25) is 0 Å². The van der Waals surface area contributed by atoms with Crippen molar-refractivity contribution in [3.63, 3.8) is 0 Å². The molecule has 7 rings (SSSR count). The number of amides is 2. The lowest BCUT2D eigenvalue weighted by Gasteiger charge is -2.14. The van der Waals surface area contributed by atoms with Gasteiger partial charge in [0.2, 0.25) is 11.8 Å². The maximum absolute atomic E-state index is 14.5. The van der Waals surface area contributed by atoms with Crippen LogP contribution in [0.4, 0.5) is 11.4 Å². The van der Waals surface area contributed by atoms with E-state index in [0.29, 0.717) is 42.7 Å². The van der Waals surface area contributed by atoms with Crippen LogP contribution in [0.1, 0.15) is 49.9 Å². The predicted octanol–water partition coefficient (Wildman–Crippen LogP) is 8.55. The van der Waals surface area contributed by atoms with Crippen molar-refractivity contribution in [2.45, 2.75) is 20.4 Å². The lowest BCUT2D eigenvalue weighted by molar-refractivity contribution is 0.0955. The summed E-state index contributed by atoms with van der Waals surface area (Å²) in [4.78, 5) is 39.0. The first-order chi connectivity index (χ1) is 26.4. The van der Waals surface area contributed by atoms with Crippen LogP contribution in [-0.4, -0.2) is 35.0 Å². The summed E-state index contributed by atoms with van der Waals surface area (Å²) >= 11 is 2.12. The molecule has 11 nitrogen and oxygen atoms in total. The van der Waals surface area contributed by atoms with Crippen LogP contribution in [0.25, 0.3) is 42.7 Å². The minimum Gasteiger partial charge on any atom is -0.477 e. The van der Waals surface area contributed by atoms with Crippen molar-refractivity contribution in [3.8, 4) is 46.2 Å². The number of hydrogen-bond acceptors (Lipinski definition) is 11. The topological polar surface area (TPSA) is 176 Å². The zero-order valence-corrected chi connectivity index (χ0v) is 30.7. The van der Waals surface area contributed by atoms with E-state index in [1.54, 1.807) is 13.8 Å². The Morgan fingerprint density at radius 3 is 1.70 bits per heavy atom. The highest BCUT2D eigenvalue weighted by atomic mass is 32.1. The van der Waals surface area contributed by atoms with Crippen molar-refractivity contribution in [1.29, 1.82) is 10.5 Å². The number of fused-ring (bicyclic) bond motifs is 2. The first-order valence-corrected chi connectivity index (χ1v) is 18.6. The maximum Gasteiger partial charge on any atom is 0.268 e. The largest absolute Gasteiger partial charge is 0.477 e. The molecule has 0 aliphatic heterocycles. The van der Waals surface area contributed by atoms with Gasteiger partial charge in [-0.3, -0.25) is 9.59 Å². The second kappa shape index (κ2) is 15.4. The molecular weight excluding hydrogens is 719 g/mol. The predicted molar refractivity (Wildman–Crippen MR) is 212 cm³/mol. The summed E-state index contributed by atoms with van der Waals surface area (Å²) in [5.41, 5.74) is 10.6. The summed E-state index contributed by atoms with van der Waals surface area (Å²) in [6.07, 6.45) is 0. The number of nitriles is 2. The van der Waals surface area contributed by atoms with Gasteiger partial charge in [-0.1, -0.05) is 91.0 Å². The lowest BCUT2D eigenvalue weighted by atomic mass is 9.97. The summed E-state index contributed by atoms with van der Waals surface area (Å²) in [6, 6.07) is 32.4. The highest BCUT2D eigenvalue weighted by molar-refractivity contribution is 7.22. The van der Waals surface area contributed by atoms with Gasteiger partial charge in [0.15, 0.2) is 0 Å². The molecule has 0 bridgehead atoms. The second-order valence-corrected chi connectivity index (χ2v) is 13.8. The van der Waals surface area contributed by atoms with Crippen LogP contribution < -0.4 is 25.8 Å². The number of anilines is 2. The summed E-state index contributed by atoms with van der Waals surface area (Å²) in [5, 5.41) is 27.6. The Bertz CT molecular complexity index is 2630. The van der Waals surface area contributed by atoms with Gasteiger partial charge in [-0.05, 0) is 30.5 Å². The van der Waals surface area contributed by atoms with Crippen LogP contribution in [0.3, 0.4) is 0 Å². The van der Waals surface area contributed by atoms with Gasteiger partial charge in [0.25, 0.3) is 11.8 Å². The van der Waals surface area contributed by atoms with Crippen LogP contribution in [0.15, 0.2) is 91.0 Å². The average Bonchev–Trinajstić information content (AvgIpc) is 3.73. The third-order valence-electron chi connectivity index (χ3n) is 8.51. The molecule has 0 aliphatic rings. The van der Waals surface area contributed by atoms with E-state index in [4.69, 9.17) is 20.2 Å². The number of nitrogens with two attached hydrogens (primary N) is 1. The molecular formula is C41H31N7O4S2. The molecule has 0 aliphatic carbocycles. The zero-order valence-electron chi connectivity index (χ0n) is 29.1. The quantitative estimate of drug-likeness (QED) is 0.117. The Morgan fingerprint density at radius 1 is 0.704 bits per heavy atom. The van der Waals surface area contributed by atoms with Gasteiger partial charge in [-0.25, -0.2) is 9.97 Å². The molecule has 0 saturated carbocycles. The second-order valence-electron chi connectivity index (χ2n) is 11.8. The van der Waals surface area contributed by atoms with Crippen LogP contribution in [0.5, 0.6) is 11.8 Å². The van der Waals surface area contributed by atoms with Gasteiger partial charge in [0.1, 0.15) is 42.7 Å². The Hall–Kier alpha value is -6.80. The van der Waals surface area contributed by atoms with E-state index in [2.05, 4.69) is 27.8 Å². The number of nitrogens with zero attached hydrogens (tertiary/aromatic N) is 4. The number of ether oxygens (including phenoxy) is 2. The number of nitrogens with one attached hydrogen (secondary N) is 2. The Balaban J connectivity index is 1.43. The summed E-state index contributed by atoms with van der Waals surface area (Å²) in [7, 11) is 0. The highest BCUT2D eigenvalue weighted by Crippen LogP contribution is 2.47. The number of benzene rings is 3. The normalized spacial score (nSPS) is 10.8. The van der Waals surface area contributed by atoms with Gasteiger partial charge in [-0.2, -0.15) is 10.5 Å². The fraction of sp³-hybridized carbons (Fsp3) is 0.122. The van der Waals surface area contributed by atoms with Crippen molar-refractivity contribution in [1.82, 2.24) is 15.3 Å². The molecule has 0 unspecified atom stereocenters. The molecule has 0 saturated heterocycles. The molecule has 4 N–H and O–H groups in total. The summed E-state index contributed by atoms with van der Waals surface area (Å²) in [6.45, 7) is 4.34. The number of thiophene rings is 2. The number of aromatic nitrogens is 2. The van der Waals surface area contributed by atoms with Gasteiger partial charge in [-0.15, -0.1) is 22.7 Å². The molecule has 2 amide bonds. The van der Waals surface area contributed by atoms with Crippen molar-refractivity contribution in [2.75, 3.05) is 24.3 Å². The van der Waals surface area contributed by atoms with Crippen molar-refractivity contribution in [2.24, 2.45) is 0 Å². The SMILES string of the molecule is CCOc1nc2sc(C(=O)Nc3c(C(=O)NCc4ccccc4)sc4nc(OCC)c(C#N)c(-c5ccccc5)c34)c(N)c2c(-c2ccccc2)c1C#N. The van der Waals surface area contributed by atoms with Crippen LogP contribution in [-0.2, 0) is 6.54 Å². The smallest absolute Gasteiger partial charge is 0.268 e. The number of rotatable bonds is 11. The third-order valence-corrected chi connectivity index (χ3v) is 10.7. The third kappa shape index (κ3) is 6.54. The van der Waals surface area contributed by atoms with E-state index < -0.39 is 11.8 Å². The monoisotopic (exact) mass is 749 g/mol. The van der Waals surface area contributed by atoms with Gasteiger partial charge < -0.3 is 25.8 Å². The average molecular weight is 750 g/mol. The van der Waals surface area contributed by atoms with E-state index in [1.165, 1.54) is 0 Å². The molecule has 4 heterocycles. The molecule has 3 aromatic carbocycles. The molecule has 0 spiro atoms.